The van der Waals surface area contributed by atoms with Gasteiger partial charge in [-0.25, -0.2) is 0 Å². The number of aliphatic hydroxyl groups is 1. The van der Waals surface area contributed by atoms with Gasteiger partial charge in [0.2, 0.25) is 0 Å². The summed E-state index contributed by atoms with van der Waals surface area (Å²) in [6, 6.07) is 13.9. The van der Waals surface area contributed by atoms with Gasteiger partial charge in [-0.2, -0.15) is 0 Å². The zero-order chi connectivity index (χ0) is 19.7. The smallest absolute Gasteiger partial charge is 0.258 e. The predicted molar refractivity (Wildman–Crippen MR) is 114 cm³/mol. The molecule has 1 aliphatic heterocycles. The van der Waals surface area contributed by atoms with E-state index in [1.807, 2.05) is 12.1 Å². The molecule has 0 fully saturated rings. The van der Waals surface area contributed by atoms with Crippen LogP contribution in [0.4, 0.5) is 0 Å². The highest BCUT2D eigenvalue weighted by Crippen LogP contribution is 2.26. The maximum absolute atomic E-state index is 12.9. The van der Waals surface area contributed by atoms with Crippen molar-refractivity contribution in [3.8, 4) is 5.75 Å². The highest BCUT2D eigenvalue weighted by atomic mass is 79.9. The van der Waals surface area contributed by atoms with Crippen LogP contribution in [0.15, 0.2) is 57.9 Å². The molecule has 0 unspecified atom stereocenters. The molecular weight excluding hydrogens is 420 g/mol. The number of nitrogens with zero attached hydrogens (tertiary/aromatic N) is 2. The van der Waals surface area contributed by atoms with Gasteiger partial charge in [0.05, 0.1) is 25.1 Å². The Bertz CT molecular complexity index is 1060. The van der Waals surface area contributed by atoms with Gasteiger partial charge in [-0.15, -0.1) is 0 Å². The minimum atomic E-state index is -0.638. The minimum Gasteiger partial charge on any atom is -0.495 e. The monoisotopic (exact) mass is 442 g/mol. The molecule has 0 radical (unpaired) electrons. The number of hydrogen-bond acceptors (Lipinski definition) is 4. The summed E-state index contributed by atoms with van der Waals surface area (Å²) in [7, 11) is 1.59. The number of halogens is 1. The Labute approximate surface area is 172 Å². The van der Waals surface area contributed by atoms with Crippen LogP contribution in [-0.4, -0.2) is 40.9 Å². The lowest BCUT2D eigenvalue weighted by Gasteiger charge is -2.30. The Morgan fingerprint density at radius 2 is 1.93 bits per heavy atom. The first-order chi connectivity index (χ1) is 13.5. The van der Waals surface area contributed by atoms with Crippen molar-refractivity contribution in [1.82, 2.24) is 9.47 Å². The van der Waals surface area contributed by atoms with Gasteiger partial charge in [0.15, 0.2) is 0 Å². The zero-order valence-electron chi connectivity index (χ0n) is 15.8. The molecule has 4 rings (SSSR count). The van der Waals surface area contributed by atoms with Gasteiger partial charge in [0, 0.05) is 35.7 Å². The fourth-order valence-electron chi connectivity index (χ4n) is 3.92. The number of fused-ring (bicyclic) bond motifs is 2. The average molecular weight is 443 g/mol. The summed E-state index contributed by atoms with van der Waals surface area (Å²) in [5, 5.41) is 12.0. The summed E-state index contributed by atoms with van der Waals surface area (Å²) in [6.07, 6.45) is 2.04. The van der Waals surface area contributed by atoms with Gasteiger partial charge in [-0.3, -0.25) is 9.69 Å². The summed E-state index contributed by atoms with van der Waals surface area (Å²) >= 11 is 3.44. The molecule has 6 heteroatoms. The van der Waals surface area contributed by atoms with E-state index in [0.717, 1.165) is 29.4 Å². The number of pyridine rings is 1. The molecule has 1 aliphatic rings. The Kier molecular flexibility index (Phi) is 5.53. The average Bonchev–Trinajstić information content (AvgIpc) is 2.70. The maximum Gasteiger partial charge on any atom is 0.258 e. The number of aliphatic hydroxyl groups excluding tert-OH is 1. The summed E-state index contributed by atoms with van der Waals surface area (Å²) in [4.78, 5) is 15.1. The summed E-state index contributed by atoms with van der Waals surface area (Å²) in [5.41, 5.74) is 2.58. The van der Waals surface area contributed by atoms with Gasteiger partial charge in [-0.1, -0.05) is 40.2 Å². The standard InChI is InChI=1S/C22H23BrN2O3/c1-28-21-14-25(22(27)19-7-6-17(23)10-20(19)21)13-18(26)12-24-9-8-15-4-2-3-5-16(15)11-24/h2-7,10,14,18,26H,8-9,11-13H2,1H3/t18-/m1/s1. The van der Waals surface area contributed by atoms with Gasteiger partial charge >= 0.3 is 0 Å². The van der Waals surface area contributed by atoms with Gasteiger partial charge in [0.1, 0.15) is 5.75 Å². The van der Waals surface area contributed by atoms with E-state index < -0.39 is 6.10 Å². The molecule has 2 aromatic carbocycles. The molecule has 0 aliphatic carbocycles. The van der Waals surface area contributed by atoms with Crippen LogP contribution in [0.2, 0.25) is 0 Å². The first kappa shape index (κ1) is 19.2. The first-order valence-corrected chi connectivity index (χ1v) is 10.2. The van der Waals surface area contributed by atoms with Crippen molar-refractivity contribution in [3.63, 3.8) is 0 Å². The Hall–Kier alpha value is -2.15. The molecule has 0 spiro atoms. The van der Waals surface area contributed by atoms with Crippen LogP contribution in [0.1, 0.15) is 11.1 Å². The molecule has 0 saturated heterocycles. The molecule has 146 valence electrons. The van der Waals surface area contributed by atoms with Crippen molar-refractivity contribution in [1.29, 1.82) is 0 Å². The first-order valence-electron chi connectivity index (χ1n) is 9.39. The second-order valence-corrected chi connectivity index (χ2v) is 8.17. The fourth-order valence-corrected chi connectivity index (χ4v) is 4.28. The highest BCUT2D eigenvalue weighted by molar-refractivity contribution is 9.10. The Morgan fingerprint density at radius 1 is 1.14 bits per heavy atom. The van der Waals surface area contributed by atoms with Crippen molar-refractivity contribution in [3.05, 3.63) is 74.6 Å². The number of hydrogen-bond donors (Lipinski definition) is 1. The Balaban J connectivity index is 1.53. The van der Waals surface area contributed by atoms with E-state index in [2.05, 4.69) is 45.1 Å². The predicted octanol–water partition coefficient (Wildman–Crippen LogP) is 3.19. The van der Waals surface area contributed by atoms with Crippen LogP contribution in [0, 0.1) is 0 Å². The summed E-state index contributed by atoms with van der Waals surface area (Å²) < 4.78 is 7.92. The van der Waals surface area contributed by atoms with Crippen molar-refractivity contribution in [2.45, 2.75) is 25.6 Å². The largest absolute Gasteiger partial charge is 0.495 e. The van der Waals surface area contributed by atoms with Crippen LogP contribution in [0.25, 0.3) is 10.8 Å². The fraction of sp³-hybridized carbons (Fsp3) is 0.318. The normalized spacial score (nSPS) is 15.4. The molecule has 1 atom stereocenters. The van der Waals surface area contributed by atoms with Crippen molar-refractivity contribution >= 4 is 26.7 Å². The number of ether oxygens (including phenoxy) is 1. The second kappa shape index (κ2) is 8.07. The molecule has 1 N–H and O–H groups in total. The summed E-state index contributed by atoms with van der Waals surface area (Å²) in [6.45, 7) is 2.51. The molecule has 1 aromatic heterocycles. The number of benzene rings is 2. The van der Waals surface area contributed by atoms with Crippen molar-refractivity contribution < 1.29 is 9.84 Å². The van der Waals surface area contributed by atoms with E-state index in [9.17, 15) is 9.90 Å². The van der Waals surface area contributed by atoms with E-state index in [-0.39, 0.29) is 12.1 Å². The molecule has 0 amide bonds. The van der Waals surface area contributed by atoms with Gasteiger partial charge in [0.25, 0.3) is 5.56 Å². The third-order valence-electron chi connectivity index (χ3n) is 5.32. The third-order valence-corrected chi connectivity index (χ3v) is 5.81. The third kappa shape index (κ3) is 3.85. The quantitative estimate of drug-likeness (QED) is 0.658. The molecule has 2 heterocycles. The number of β-amino-alcohol motifs (C(OH)–C–C–N with tert-alkyl or cyclic N) is 1. The van der Waals surface area contributed by atoms with Gasteiger partial charge < -0.3 is 14.4 Å². The van der Waals surface area contributed by atoms with Crippen LogP contribution < -0.4 is 10.3 Å². The van der Waals surface area contributed by atoms with Crippen LogP contribution in [-0.2, 0) is 19.5 Å². The zero-order valence-corrected chi connectivity index (χ0v) is 17.4. The van der Waals surface area contributed by atoms with E-state index in [1.54, 1.807) is 23.9 Å². The molecule has 3 aromatic rings. The van der Waals surface area contributed by atoms with Crippen LogP contribution in [0.3, 0.4) is 0 Å². The molecular formula is C22H23BrN2O3. The lowest BCUT2D eigenvalue weighted by atomic mass is 10.00. The molecule has 5 nitrogen and oxygen atoms in total. The topological polar surface area (TPSA) is 54.7 Å². The second-order valence-electron chi connectivity index (χ2n) is 7.25. The molecule has 0 saturated carbocycles. The van der Waals surface area contributed by atoms with E-state index in [0.29, 0.717) is 17.7 Å². The number of aromatic nitrogens is 1. The summed E-state index contributed by atoms with van der Waals surface area (Å²) in [5.74, 6) is 0.620. The van der Waals surface area contributed by atoms with E-state index in [1.165, 1.54) is 11.1 Å². The maximum atomic E-state index is 12.9. The highest BCUT2D eigenvalue weighted by Gasteiger charge is 2.19. The van der Waals surface area contributed by atoms with Crippen LogP contribution >= 0.6 is 15.9 Å². The molecule has 28 heavy (non-hydrogen) atoms. The lowest BCUT2D eigenvalue weighted by Crippen LogP contribution is -2.39. The number of rotatable bonds is 5. The van der Waals surface area contributed by atoms with Crippen molar-refractivity contribution in [2.24, 2.45) is 0 Å². The minimum absolute atomic E-state index is 0.119. The lowest BCUT2D eigenvalue weighted by molar-refractivity contribution is 0.0909. The van der Waals surface area contributed by atoms with E-state index in [4.69, 9.17) is 4.74 Å². The SMILES string of the molecule is COc1cn(C[C@H](O)CN2CCc3ccccc3C2)c(=O)c2ccc(Br)cc12. The number of methoxy groups -OCH3 is 1. The van der Waals surface area contributed by atoms with E-state index >= 15 is 0 Å². The van der Waals surface area contributed by atoms with Crippen LogP contribution in [0.5, 0.6) is 5.75 Å². The molecule has 0 bridgehead atoms. The van der Waals surface area contributed by atoms with Crippen molar-refractivity contribution in [2.75, 3.05) is 20.2 Å². The van der Waals surface area contributed by atoms with Gasteiger partial charge in [-0.05, 0) is 35.7 Å². The Morgan fingerprint density at radius 3 is 2.71 bits per heavy atom.